The van der Waals surface area contributed by atoms with Gasteiger partial charge >= 0.3 is 0 Å². The molecule has 5 rings (SSSR count). The predicted molar refractivity (Wildman–Crippen MR) is 126 cm³/mol. The largest absolute Gasteiger partial charge is 0.382 e. The Morgan fingerprint density at radius 1 is 1.03 bits per heavy atom. The molecule has 1 saturated heterocycles. The molecular weight excluding hydrogens is 416 g/mol. The van der Waals surface area contributed by atoms with Crippen LogP contribution in [0.1, 0.15) is 50.9 Å². The van der Waals surface area contributed by atoms with Gasteiger partial charge in [-0.2, -0.15) is 0 Å². The number of aryl methyl sites for hydroxylation is 1. The van der Waals surface area contributed by atoms with E-state index in [2.05, 4.69) is 38.1 Å². The van der Waals surface area contributed by atoms with Crippen LogP contribution in [0.15, 0.2) is 54.7 Å². The standard InChI is InChI=1S/C25H26N6O2/c26-23-22(25(33)29-18-10-11-27-13-18)30-21(14-28-23)16-5-3-6-17(12-16)24(32)31-20-9-8-15-4-1-2-7-19(15)20/h1-7,12,14,18,20,27H,8-11,13H2,(H2,26,28)(H,29,33)(H,31,32)/t18-,20+/m1/s1. The molecule has 168 valence electrons. The molecule has 2 heterocycles. The summed E-state index contributed by atoms with van der Waals surface area (Å²) >= 11 is 0. The summed E-state index contributed by atoms with van der Waals surface area (Å²) in [4.78, 5) is 34.3. The quantitative estimate of drug-likeness (QED) is 0.481. The van der Waals surface area contributed by atoms with E-state index >= 15 is 0 Å². The second-order valence-electron chi connectivity index (χ2n) is 8.50. The zero-order chi connectivity index (χ0) is 22.8. The first-order valence-corrected chi connectivity index (χ1v) is 11.2. The van der Waals surface area contributed by atoms with Crippen molar-refractivity contribution in [2.45, 2.75) is 31.3 Å². The summed E-state index contributed by atoms with van der Waals surface area (Å²) in [6.07, 6.45) is 4.24. The number of rotatable bonds is 5. The van der Waals surface area contributed by atoms with E-state index in [-0.39, 0.29) is 35.4 Å². The highest BCUT2D eigenvalue weighted by atomic mass is 16.2. The van der Waals surface area contributed by atoms with Crippen molar-refractivity contribution >= 4 is 17.6 Å². The lowest BCUT2D eigenvalue weighted by molar-refractivity contribution is 0.0927. The Balaban J connectivity index is 1.34. The molecule has 5 N–H and O–H groups in total. The van der Waals surface area contributed by atoms with Crippen LogP contribution in [0.4, 0.5) is 5.82 Å². The van der Waals surface area contributed by atoms with E-state index in [9.17, 15) is 9.59 Å². The van der Waals surface area contributed by atoms with Crippen molar-refractivity contribution in [3.05, 3.63) is 77.1 Å². The van der Waals surface area contributed by atoms with Crippen molar-refractivity contribution in [1.82, 2.24) is 25.9 Å². The average molecular weight is 443 g/mol. The highest BCUT2D eigenvalue weighted by Gasteiger charge is 2.24. The summed E-state index contributed by atoms with van der Waals surface area (Å²) in [5, 5.41) is 9.30. The van der Waals surface area contributed by atoms with Gasteiger partial charge in [-0.1, -0.05) is 36.4 Å². The van der Waals surface area contributed by atoms with Gasteiger partial charge in [0.2, 0.25) is 0 Å². The van der Waals surface area contributed by atoms with Gasteiger partial charge < -0.3 is 21.7 Å². The van der Waals surface area contributed by atoms with Crippen LogP contribution >= 0.6 is 0 Å². The molecule has 2 amide bonds. The number of anilines is 1. The molecule has 2 aliphatic rings. The van der Waals surface area contributed by atoms with E-state index in [4.69, 9.17) is 5.73 Å². The van der Waals surface area contributed by atoms with E-state index in [1.165, 1.54) is 17.3 Å². The van der Waals surface area contributed by atoms with E-state index in [0.29, 0.717) is 16.8 Å². The Hall–Kier alpha value is -3.78. The van der Waals surface area contributed by atoms with Gasteiger partial charge in [0.15, 0.2) is 11.5 Å². The molecule has 2 aromatic carbocycles. The van der Waals surface area contributed by atoms with Gasteiger partial charge in [-0.3, -0.25) is 9.59 Å². The molecule has 1 fully saturated rings. The van der Waals surface area contributed by atoms with E-state index in [1.807, 2.05) is 18.2 Å². The van der Waals surface area contributed by atoms with Crippen LogP contribution in [0.25, 0.3) is 11.3 Å². The SMILES string of the molecule is Nc1ncc(-c2cccc(C(=O)N[C@H]3CCc4ccccc43)c2)nc1C(=O)N[C@@H]1CCNC1. The Bertz CT molecular complexity index is 1210. The van der Waals surface area contributed by atoms with Crippen molar-refractivity contribution in [2.75, 3.05) is 18.8 Å². The molecule has 0 saturated carbocycles. The van der Waals surface area contributed by atoms with Crippen LogP contribution in [0.2, 0.25) is 0 Å². The molecule has 2 atom stereocenters. The fraction of sp³-hybridized carbons (Fsp3) is 0.280. The smallest absolute Gasteiger partial charge is 0.274 e. The number of benzene rings is 2. The third kappa shape index (κ3) is 4.42. The number of fused-ring (bicyclic) bond motifs is 1. The summed E-state index contributed by atoms with van der Waals surface area (Å²) in [6, 6.07) is 15.4. The van der Waals surface area contributed by atoms with E-state index in [1.54, 1.807) is 18.2 Å². The number of amides is 2. The summed E-state index contributed by atoms with van der Waals surface area (Å²) in [6.45, 7) is 1.59. The summed E-state index contributed by atoms with van der Waals surface area (Å²) in [7, 11) is 0. The molecule has 0 bridgehead atoms. The Morgan fingerprint density at radius 2 is 1.91 bits per heavy atom. The number of nitrogens with two attached hydrogens (primary N) is 1. The number of nitrogens with one attached hydrogen (secondary N) is 3. The highest BCUT2D eigenvalue weighted by molar-refractivity contribution is 5.97. The molecule has 1 aromatic heterocycles. The summed E-state index contributed by atoms with van der Waals surface area (Å²) in [5.41, 5.74) is 10.2. The monoisotopic (exact) mass is 442 g/mol. The number of nitrogen functional groups attached to an aromatic ring is 1. The van der Waals surface area contributed by atoms with Crippen LogP contribution in [-0.4, -0.2) is 40.9 Å². The second-order valence-corrected chi connectivity index (χ2v) is 8.50. The Labute approximate surface area is 192 Å². The molecule has 8 nitrogen and oxygen atoms in total. The second kappa shape index (κ2) is 8.99. The summed E-state index contributed by atoms with van der Waals surface area (Å²) < 4.78 is 0. The average Bonchev–Trinajstić information content (AvgIpc) is 3.49. The van der Waals surface area contributed by atoms with Crippen molar-refractivity contribution in [2.24, 2.45) is 0 Å². The van der Waals surface area contributed by atoms with Crippen LogP contribution < -0.4 is 21.7 Å². The van der Waals surface area contributed by atoms with Crippen LogP contribution in [-0.2, 0) is 6.42 Å². The topological polar surface area (TPSA) is 122 Å². The highest BCUT2D eigenvalue weighted by Crippen LogP contribution is 2.31. The summed E-state index contributed by atoms with van der Waals surface area (Å²) in [5.74, 6) is -0.408. The molecule has 1 aliphatic heterocycles. The normalized spacial score (nSPS) is 19.2. The third-order valence-corrected chi connectivity index (χ3v) is 6.27. The maximum atomic E-state index is 13.0. The van der Waals surface area contributed by atoms with E-state index in [0.717, 1.165) is 32.4 Å². The molecule has 33 heavy (non-hydrogen) atoms. The van der Waals surface area contributed by atoms with Gasteiger partial charge in [0, 0.05) is 23.7 Å². The molecule has 3 aromatic rings. The maximum absolute atomic E-state index is 13.0. The zero-order valence-corrected chi connectivity index (χ0v) is 18.2. The van der Waals surface area contributed by atoms with Gasteiger partial charge in [-0.25, -0.2) is 9.97 Å². The number of carbonyl (C=O) groups excluding carboxylic acids is 2. The first-order valence-electron chi connectivity index (χ1n) is 11.2. The number of nitrogens with zero attached hydrogens (tertiary/aromatic N) is 2. The first kappa shape index (κ1) is 21.1. The molecule has 0 spiro atoms. The molecule has 0 radical (unpaired) electrons. The van der Waals surface area contributed by atoms with Gasteiger partial charge in [0.1, 0.15) is 0 Å². The lowest BCUT2D eigenvalue weighted by Gasteiger charge is -2.15. The first-order chi connectivity index (χ1) is 16.1. The van der Waals surface area contributed by atoms with E-state index < -0.39 is 0 Å². The van der Waals surface area contributed by atoms with Crippen molar-refractivity contribution in [3.63, 3.8) is 0 Å². The van der Waals surface area contributed by atoms with Crippen molar-refractivity contribution in [3.8, 4) is 11.3 Å². The maximum Gasteiger partial charge on any atom is 0.274 e. The van der Waals surface area contributed by atoms with Crippen LogP contribution in [0.3, 0.4) is 0 Å². The fourth-order valence-electron chi connectivity index (χ4n) is 4.50. The molecule has 0 unspecified atom stereocenters. The minimum absolute atomic E-state index is 0.00838. The third-order valence-electron chi connectivity index (χ3n) is 6.27. The molecule has 1 aliphatic carbocycles. The number of hydrogen-bond acceptors (Lipinski definition) is 6. The number of carbonyl (C=O) groups is 2. The van der Waals surface area contributed by atoms with Crippen LogP contribution in [0, 0.1) is 0 Å². The molecule has 8 heteroatoms. The number of aromatic nitrogens is 2. The predicted octanol–water partition coefficient (Wildman–Crippen LogP) is 2.23. The Morgan fingerprint density at radius 3 is 2.76 bits per heavy atom. The van der Waals surface area contributed by atoms with Gasteiger partial charge in [0.25, 0.3) is 11.8 Å². The fourth-order valence-corrected chi connectivity index (χ4v) is 4.50. The Kier molecular flexibility index (Phi) is 5.75. The van der Waals surface area contributed by atoms with Gasteiger partial charge in [-0.05, 0) is 49.1 Å². The lowest BCUT2D eigenvalue weighted by Crippen LogP contribution is -2.37. The zero-order valence-electron chi connectivity index (χ0n) is 18.2. The molecular formula is C25H26N6O2. The van der Waals surface area contributed by atoms with Crippen molar-refractivity contribution in [1.29, 1.82) is 0 Å². The number of hydrogen-bond donors (Lipinski definition) is 4. The van der Waals surface area contributed by atoms with Gasteiger partial charge in [0.05, 0.1) is 17.9 Å². The van der Waals surface area contributed by atoms with Crippen LogP contribution in [0.5, 0.6) is 0 Å². The van der Waals surface area contributed by atoms with Crippen molar-refractivity contribution < 1.29 is 9.59 Å². The minimum Gasteiger partial charge on any atom is -0.382 e. The lowest BCUT2D eigenvalue weighted by atomic mass is 10.1. The minimum atomic E-state index is -0.343. The van der Waals surface area contributed by atoms with Gasteiger partial charge in [-0.15, -0.1) is 0 Å².